The van der Waals surface area contributed by atoms with Crippen LogP contribution in [-0.2, 0) is 0 Å². The Morgan fingerprint density at radius 1 is 1.00 bits per heavy atom. The fourth-order valence-corrected chi connectivity index (χ4v) is 2.36. The van der Waals surface area contributed by atoms with Crippen LogP contribution < -0.4 is 10.6 Å². The number of nitrogens with one attached hydrogen (secondary N) is 2. The number of carbonyl (C=O) groups is 1. The molecule has 25 heavy (non-hydrogen) atoms. The third-order valence-electron chi connectivity index (χ3n) is 3.63. The molecule has 5 nitrogen and oxygen atoms in total. The van der Waals surface area contributed by atoms with Gasteiger partial charge in [-0.1, -0.05) is 35.4 Å². The lowest BCUT2D eigenvalue weighted by atomic mass is 10.2. The zero-order chi connectivity index (χ0) is 17.8. The highest BCUT2D eigenvalue weighted by molar-refractivity contribution is 6.31. The Morgan fingerprint density at radius 3 is 2.44 bits per heavy atom. The Bertz CT molecular complexity index is 910. The van der Waals surface area contributed by atoms with Gasteiger partial charge in [0.15, 0.2) is 0 Å². The van der Waals surface area contributed by atoms with Gasteiger partial charge in [-0.05, 0) is 49.7 Å². The first-order valence-electron chi connectivity index (χ1n) is 7.75. The maximum Gasteiger partial charge on any atom is 0.274 e. The van der Waals surface area contributed by atoms with Crippen molar-refractivity contribution in [3.05, 3.63) is 76.6 Å². The predicted octanol–water partition coefficient (Wildman–Crippen LogP) is 4.74. The van der Waals surface area contributed by atoms with Gasteiger partial charge in [0.1, 0.15) is 5.69 Å². The van der Waals surface area contributed by atoms with Gasteiger partial charge in [0.2, 0.25) is 5.95 Å². The number of amides is 1. The van der Waals surface area contributed by atoms with Crippen molar-refractivity contribution in [3.8, 4) is 0 Å². The molecule has 2 N–H and O–H groups in total. The first kappa shape index (κ1) is 16.9. The van der Waals surface area contributed by atoms with E-state index in [-0.39, 0.29) is 11.6 Å². The molecule has 0 aliphatic carbocycles. The van der Waals surface area contributed by atoms with Gasteiger partial charge in [0, 0.05) is 22.6 Å². The molecule has 0 saturated carbocycles. The van der Waals surface area contributed by atoms with Gasteiger partial charge in [0.25, 0.3) is 5.91 Å². The molecule has 1 aromatic heterocycles. The summed E-state index contributed by atoms with van der Waals surface area (Å²) >= 11 is 6.12. The SMILES string of the molecule is Cc1ccc(NC(=O)c2ccnc(Nc3ccc(C)c(Cl)c3)n2)cc1. The van der Waals surface area contributed by atoms with Crippen LogP contribution in [0, 0.1) is 13.8 Å². The summed E-state index contributed by atoms with van der Waals surface area (Å²) in [6.07, 6.45) is 1.54. The van der Waals surface area contributed by atoms with E-state index in [1.165, 1.54) is 6.20 Å². The lowest BCUT2D eigenvalue weighted by molar-refractivity contribution is 0.102. The average molecular weight is 353 g/mol. The molecule has 0 aliphatic rings. The Balaban J connectivity index is 1.75. The van der Waals surface area contributed by atoms with E-state index >= 15 is 0 Å². The minimum Gasteiger partial charge on any atom is -0.324 e. The van der Waals surface area contributed by atoms with Crippen molar-refractivity contribution in [1.82, 2.24) is 9.97 Å². The molecule has 0 bridgehead atoms. The number of nitrogens with zero attached hydrogens (tertiary/aromatic N) is 2. The topological polar surface area (TPSA) is 66.9 Å². The lowest BCUT2D eigenvalue weighted by Crippen LogP contribution is -2.14. The van der Waals surface area contributed by atoms with Crippen molar-refractivity contribution in [1.29, 1.82) is 0 Å². The van der Waals surface area contributed by atoms with Gasteiger partial charge in [-0.15, -0.1) is 0 Å². The zero-order valence-electron chi connectivity index (χ0n) is 13.9. The number of rotatable bonds is 4. The highest BCUT2D eigenvalue weighted by atomic mass is 35.5. The number of aryl methyl sites for hydroxylation is 2. The van der Waals surface area contributed by atoms with Crippen LogP contribution in [0.2, 0.25) is 5.02 Å². The van der Waals surface area contributed by atoms with Crippen molar-refractivity contribution in [2.75, 3.05) is 10.6 Å². The normalized spacial score (nSPS) is 10.4. The van der Waals surface area contributed by atoms with Crippen LogP contribution in [-0.4, -0.2) is 15.9 Å². The summed E-state index contributed by atoms with van der Waals surface area (Å²) in [5, 5.41) is 6.52. The van der Waals surface area contributed by atoms with Gasteiger partial charge >= 0.3 is 0 Å². The molecule has 3 aromatic rings. The summed E-state index contributed by atoms with van der Waals surface area (Å²) in [6, 6.07) is 14.7. The minimum atomic E-state index is -0.295. The third kappa shape index (κ3) is 4.33. The van der Waals surface area contributed by atoms with Crippen LogP contribution in [0.15, 0.2) is 54.7 Å². The van der Waals surface area contributed by atoms with Crippen molar-refractivity contribution in [2.24, 2.45) is 0 Å². The largest absolute Gasteiger partial charge is 0.324 e. The molecule has 0 saturated heterocycles. The molecule has 0 radical (unpaired) electrons. The number of anilines is 3. The molecule has 0 atom stereocenters. The molecular formula is C19H17ClN4O. The van der Waals surface area contributed by atoms with Gasteiger partial charge in [-0.2, -0.15) is 0 Å². The third-order valence-corrected chi connectivity index (χ3v) is 4.03. The number of halogens is 1. The van der Waals surface area contributed by atoms with Gasteiger partial charge < -0.3 is 10.6 Å². The van der Waals surface area contributed by atoms with E-state index in [0.29, 0.717) is 16.7 Å². The molecular weight excluding hydrogens is 336 g/mol. The standard InChI is InChI=1S/C19H17ClN4O/c1-12-3-6-14(7-4-12)22-18(25)17-9-10-21-19(24-17)23-15-8-5-13(2)16(20)11-15/h3-11H,1-2H3,(H,22,25)(H,21,23,24). The van der Waals surface area contributed by atoms with Crippen LogP contribution >= 0.6 is 11.6 Å². The van der Waals surface area contributed by atoms with Crippen molar-refractivity contribution >= 4 is 34.8 Å². The Labute approximate surface area is 151 Å². The van der Waals surface area contributed by atoms with E-state index < -0.39 is 0 Å². The van der Waals surface area contributed by atoms with Crippen LogP contribution in [0.25, 0.3) is 0 Å². The Morgan fingerprint density at radius 2 is 1.72 bits per heavy atom. The van der Waals surface area contributed by atoms with Crippen LogP contribution in [0.1, 0.15) is 21.6 Å². The summed E-state index contributed by atoms with van der Waals surface area (Å²) in [6.45, 7) is 3.92. The summed E-state index contributed by atoms with van der Waals surface area (Å²) in [5.74, 6) is 0.0349. The smallest absolute Gasteiger partial charge is 0.274 e. The van der Waals surface area contributed by atoms with Gasteiger partial charge in [-0.3, -0.25) is 4.79 Å². The number of carbonyl (C=O) groups excluding carboxylic acids is 1. The lowest BCUT2D eigenvalue weighted by Gasteiger charge is -2.08. The van der Waals surface area contributed by atoms with Gasteiger partial charge in [0.05, 0.1) is 0 Å². The molecule has 1 amide bonds. The quantitative estimate of drug-likeness (QED) is 0.711. The second-order valence-corrected chi connectivity index (χ2v) is 6.08. The molecule has 6 heteroatoms. The van der Waals surface area contributed by atoms with E-state index in [1.54, 1.807) is 12.1 Å². The van der Waals surface area contributed by atoms with E-state index in [2.05, 4.69) is 20.6 Å². The monoisotopic (exact) mass is 352 g/mol. The average Bonchev–Trinajstić information content (AvgIpc) is 2.60. The Hall–Kier alpha value is -2.92. The maximum absolute atomic E-state index is 12.4. The molecule has 0 aliphatic heterocycles. The first-order chi connectivity index (χ1) is 12.0. The zero-order valence-corrected chi connectivity index (χ0v) is 14.6. The second-order valence-electron chi connectivity index (χ2n) is 5.67. The summed E-state index contributed by atoms with van der Waals surface area (Å²) in [7, 11) is 0. The minimum absolute atomic E-state index is 0.274. The van der Waals surface area contributed by atoms with E-state index in [9.17, 15) is 4.79 Å². The fraction of sp³-hybridized carbons (Fsp3) is 0.105. The van der Waals surface area contributed by atoms with Crippen LogP contribution in [0.4, 0.5) is 17.3 Å². The van der Waals surface area contributed by atoms with E-state index in [4.69, 9.17) is 11.6 Å². The van der Waals surface area contributed by atoms with Crippen LogP contribution in [0.5, 0.6) is 0 Å². The van der Waals surface area contributed by atoms with Crippen molar-refractivity contribution in [2.45, 2.75) is 13.8 Å². The molecule has 0 spiro atoms. The summed E-state index contributed by atoms with van der Waals surface area (Å²) in [4.78, 5) is 20.8. The van der Waals surface area contributed by atoms with E-state index in [1.807, 2.05) is 50.2 Å². The molecule has 1 heterocycles. The highest BCUT2D eigenvalue weighted by Gasteiger charge is 2.10. The number of hydrogen-bond donors (Lipinski definition) is 2. The molecule has 126 valence electrons. The molecule has 3 rings (SSSR count). The number of benzene rings is 2. The maximum atomic E-state index is 12.4. The predicted molar refractivity (Wildman–Crippen MR) is 101 cm³/mol. The van der Waals surface area contributed by atoms with Crippen molar-refractivity contribution < 1.29 is 4.79 Å². The fourth-order valence-electron chi connectivity index (χ4n) is 2.18. The molecule has 0 fully saturated rings. The van der Waals surface area contributed by atoms with Crippen molar-refractivity contribution in [3.63, 3.8) is 0 Å². The van der Waals surface area contributed by atoms with E-state index in [0.717, 1.165) is 16.8 Å². The molecule has 2 aromatic carbocycles. The number of hydrogen-bond acceptors (Lipinski definition) is 4. The van der Waals surface area contributed by atoms with Crippen LogP contribution in [0.3, 0.4) is 0 Å². The second kappa shape index (κ2) is 7.32. The molecule has 0 unspecified atom stereocenters. The number of aromatic nitrogens is 2. The summed E-state index contributed by atoms with van der Waals surface area (Å²) < 4.78 is 0. The summed E-state index contributed by atoms with van der Waals surface area (Å²) in [5.41, 5.74) is 3.86. The van der Waals surface area contributed by atoms with Gasteiger partial charge in [-0.25, -0.2) is 9.97 Å². The Kier molecular flexibility index (Phi) is 4.95. The highest BCUT2D eigenvalue weighted by Crippen LogP contribution is 2.22. The first-order valence-corrected chi connectivity index (χ1v) is 8.13.